The third kappa shape index (κ3) is 9.09. The smallest absolute Gasteiger partial charge is 0.296 e. The number of rotatable bonds is 15. The molecular weight excluding hydrogens is 400 g/mol. The van der Waals surface area contributed by atoms with Crippen molar-refractivity contribution in [3.63, 3.8) is 0 Å². The van der Waals surface area contributed by atoms with E-state index in [0.29, 0.717) is 13.0 Å². The number of ether oxygens (including phenoxy) is 1. The molecule has 0 aliphatic carbocycles. The van der Waals surface area contributed by atoms with E-state index in [0.717, 1.165) is 68.1 Å². The van der Waals surface area contributed by atoms with Crippen molar-refractivity contribution in [3.05, 3.63) is 59.7 Å². The molecule has 0 aliphatic heterocycles. The second-order valence-electron chi connectivity index (χ2n) is 7.41. The summed E-state index contributed by atoms with van der Waals surface area (Å²) in [4.78, 5) is 10.6. The molecule has 0 atom stereocenters. The lowest BCUT2D eigenvalue weighted by Crippen LogP contribution is -2.07. The third-order valence-corrected chi connectivity index (χ3v) is 6.16. The minimum atomic E-state index is -3.65. The number of hydrogen-bond acceptors (Lipinski definition) is 5. The highest BCUT2D eigenvalue weighted by atomic mass is 32.2. The van der Waals surface area contributed by atoms with Crippen LogP contribution in [0.15, 0.2) is 53.4 Å². The van der Waals surface area contributed by atoms with Gasteiger partial charge in [-0.15, -0.1) is 0 Å². The second-order valence-corrected chi connectivity index (χ2v) is 9.02. The van der Waals surface area contributed by atoms with Crippen LogP contribution in [-0.2, 0) is 25.5 Å². The molecular formula is C24H32O5S. The summed E-state index contributed by atoms with van der Waals surface area (Å²) in [6, 6.07) is 14.6. The van der Waals surface area contributed by atoms with Gasteiger partial charge in [-0.3, -0.25) is 4.18 Å². The van der Waals surface area contributed by atoms with Gasteiger partial charge in [-0.05, 0) is 56.0 Å². The summed E-state index contributed by atoms with van der Waals surface area (Å²) in [7, 11) is -3.65. The van der Waals surface area contributed by atoms with Crippen LogP contribution in [0.3, 0.4) is 0 Å². The van der Waals surface area contributed by atoms with E-state index in [4.69, 9.17) is 8.92 Å². The molecule has 0 saturated heterocycles. The Balaban J connectivity index is 1.48. The summed E-state index contributed by atoms with van der Waals surface area (Å²) in [5.74, 6) is 0.858. The second kappa shape index (κ2) is 13.2. The monoisotopic (exact) mass is 432 g/mol. The molecule has 164 valence electrons. The highest BCUT2D eigenvalue weighted by Gasteiger charge is 2.14. The first-order valence-electron chi connectivity index (χ1n) is 10.6. The summed E-state index contributed by atoms with van der Waals surface area (Å²) < 4.78 is 35.0. The molecule has 0 spiro atoms. The van der Waals surface area contributed by atoms with Crippen LogP contribution in [0.2, 0.25) is 0 Å². The fourth-order valence-corrected chi connectivity index (χ4v) is 3.96. The molecule has 0 aromatic heterocycles. The Morgan fingerprint density at radius 3 is 2.03 bits per heavy atom. The Morgan fingerprint density at radius 1 is 0.800 bits per heavy atom. The molecule has 0 bridgehead atoms. The van der Waals surface area contributed by atoms with Crippen LogP contribution in [0.1, 0.15) is 56.1 Å². The summed E-state index contributed by atoms with van der Waals surface area (Å²) in [6.07, 6.45) is 8.17. The summed E-state index contributed by atoms with van der Waals surface area (Å²) >= 11 is 0. The average molecular weight is 433 g/mol. The third-order valence-electron chi connectivity index (χ3n) is 4.83. The molecule has 0 heterocycles. The summed E-state index contributed by atoms with van der Waals surface area (Å²) in [6.45, 7) is 2.83. The van der Waals surface area contributed by atoms with Gasteiger partial charge < -0.3 is 9.53 Å². The average Bonchev–Trinajstić information content (AvgIpc) is 2.74. The Labute approximate surface area is 180 Å². The molecule has 0 aliphatic rings. The maximum absolute atomic E-state index is 12.1. The molecule has 2 aromatic carbocycles. The van der Waals surface area contributed by atoms with Gasteiger partial charge in [0.25, 0.3) is 10.1 Å². The molecule has 5 nitrogen and oxygen atoms in total. The fraction of sp³-hybridized carbons (Fsp3) is 0.458. The van der Waals surface area contributed by atoms with Crippen molar-refractivity contribution in [2.45, 2.75) is 63.2 Å². The quantitative estimate of drug-likeness (QED) is 0.218. The fourth-order valence-electron chi connectivity index (χ4n) is 3.02. The van der Waals surface area contributed by atoms with E-state index in [1.165, 1.54) is 0 Å². The Hall–Kier alpha value is -2.18. The number of carbonyl (C=O) groups excluding carboxylic acids is 1. The van der Waals surface area contributed by atoms with Crippen molar-refractivity contribution in [2.24, 2.45) is 0 Å². The summed E-state index contributed by atoms with van der Waals surface area (Å²) in [5.41, 5.74) is 2.16. The largest absolute Gasteiger partial charge is 0.494 e. The lowest BCUT2D eigenvalue weighted by atomic mass is 10.1. The van der Waals surface area contributed by atoms with Crippen molar-refractivity contribution in [2.75, 3.05) is 13.2 Å². The highest BCUT2D eigenvalue weighted by molar-refractivity contribution is 7.86. The SMILES string of the molecule is Cc1ccc(S(=O)(=O)OCCCCCCCCOc2ccc(CCC=O)cc2)cc1. The molecule has 2 rings (SSSR count). The van der Waals surface area contributed by atoms with Gasteiger partial charge in [0.2, 0.25) is 0 Å². The van der Waals surface area contributed by atoms with E-state index in [9.17, 15) is 13.2 Å². The van der Waals surface area contributed by atoms with Crippen LogP contribution in [0.4, 0.5) is 0 Å². The minimum absolute atomic E-state index is 0.212. The van der Waals surface area contributed by atoms with E-state index in [-0.39, 0.29) is 11.5 Å². The molecule has 2 aromatic rings. The highest BCUT2D eigenvalue weighted by Crippen LogP contribution is 2.16. The van der Waals surface area contributed by atoms with Crippen molar-refractivity contribution >= 4 is 16.4 Å². The number of aryl methyl sites for hydroxylation is 2. The number of hydrogen-bond donors (Lipinski definition) is 0. The van der Waals surface area contributed by atoms with Crippen molar-refractivity contribution < 1.29 is 22.1 Å². The Bertz CT molecular complexity index is 842. The first kappa shape index (κ1) is 24.1. The maximum atomic E-state index is 12.1. The molecule has 0 saturated carbocycles. The number of aldehydes is 1. The van der Waals surface area contributed by atoms with Gasteiger partial charge in [-0.25, -0.2) is 0 Å². The van der Waals surface area contributed by atoms with Crippen LogP contribution >= 0.6 is 0 Å². The van der Waals surface area contributed by atoms with Crippen LogP contribution in [-0.4, -0.2) is 27.9 Å². The zero-order chi connectivity index (χ0) is 21.7. The van der Waals surface area contributed by atoms with Gasteiger partial charge in [0.05, 0.1) is 18.1 Å². The van der Waals surface area contributed by atoms with E-state index >= 15 is 0 Å². The molecule has 0 fully saturated rings. The van der Waals surface area contributed by atoms with Crippen LogP contribution in [0, 0.1) is 6.92 Å². The van der Waals surface area contributed by atoms with E-state index in [1.54, 1.807) is 24.3 Å². The molecule has 0 amide bonds. The zero-order valence-corrected chi connectivity index (χ0v) is 18.5. The molecule has 30 heavy (non-hydrogen) atoms. The van der Waals surface area contributed by atoms with Gasteiger partial charge in [0.1, 0.15) is 12.0 Å². The van der Waals surface area contributed by atoms with E-state index < -0.39 is 10.1 Å². The maximum Gasteiger partial charge on any atom is 0.296 e. The van der Waals surface area contributed by atoms with Crippen molar-refractivity contribution in [1.82, 2.24) is 0 Å². The summed E-state index contributed by atoms with van der Waals surface area (Å²) in [5, 5.41) is 0. The molecule has 0 N–H and O–H groups in total. The van der Waals surface area contributed by atoms with Gasteiger partial charge in [-0.2, -0.15) is 8.42 Å². The normalized spacial score (nSPS) is 11.4. The van der Waals surface area contributed by atoms with Crippen LogP contribution in [0.25, 0.3) is 0 Å². The van der Waals surface area contributed by atoms with Gasteiger partial charge in [-0.1, -0.05) is 55.5 Å². The topological polar surface area (TPSA) is 69.7 Å². The van der Waals surface area contributed by atoms with Gasteiger partial charge >= 0.3 is 0 Å². The number of carbonyl (C=O) groups is 1. The first-order chi connectivity index (χ1) is 14.5. The Morgan fingerprint density at radius 2 is 1.40 bits per heavy atom. The van der Waals surface area contributed by atoms with Crippen molar-refractivity contribution in [3.8, 4) is 5.75 Å². The van der Waals surface area contributed by atoms with E-state index in [1.807, 2.05) is 31.2 Å². The van der Waals surface area contributed by atoms with Crippen LogP contribution < -0.4 is 4.74 Å². The number of unbranched alkanes of at least 4 members (excludes halogenated alkanes) is 5. The predicted molar refractivity (Wildman–Crippen MR) is 118 cm³/mol. The van der Waals surface area contributed by atoms with Crippen molar-refractivity contribution in [1.29, 1.82) is 0 Å². The Kier molecular flexibility index (Phi) is 10.6. The standard InChI is InChI=1S/C24H32O5S/c1-21-10-16-24(17-11-21)30(26,27)29-20-7-5-3-2-4-6-19-28-23-14-12-22(13-15-23)9-8-18-25/h10-18H,2-9,19-20H2,1H3. The lowest BCUT2D eigenvalue weighted by Gasteiger charge is -2.07. The van der Waals surface area contributed by atoms with Crippen LogP contribution in [0.5, 0.6) is 5.75 Å². The van der Waals surface area contributed by atoms with Gasteiger partial charge in [0, 0.05) is 6.42 Å². The van der Waals surface area contributed by atoms with E-state index in [2.05, 4.69) is 0 Å². The lowest BCUT2D eigenvalue weighted by molar-refractivity contribution is -0.107. The number of benzene rings is 2. The molecule has 0 unspecified atom stereocenters. The molecule has 6 heteroatoms. The predicted octanol–water partition coefficient (Wildman–Crippen LogP) is 5.25. The van der Waals surface area contributed by atoms with Gasteiger partial charge in [0.15, 0.2) is 0 Å². The minimum Gasteiger partial charge on any atom is -0.494 e. The zero-order valence-electron chi connectivity index (χ0n) is 17.7. The molecule has 0 radical (unpaired) electrons. The first-order valence-corrected chi connectivity index (χ1v) is 12.0.